The van der Waals surface area contributed by atoms with Gasteiger partial charge in [0.25, 0.3) is 0 Å². The maximum absolute atomic E-state index is 13.2. The molecule has 4 heterocycles. The van der Waals surface area contributed by atoms with Gasteiger partial charge in [0.05, 0.1) is 23.8 Å². The Bertz CT molecular complexity index is 1320. The number of carbonyl (C=O) groups is 1. The molecule has 0 radical (unpaired) electrons. The first-order valence-corrected chi connectivity index (χ1v) is 11.2. The van der Waals surface area contributed by atoms with E-state index in [2.05, 4.69) is 43.2 Å². The molecule has 0 amide bonds. The van der Waals surface area contributed by atoms with Crippen LogP contribution in [0.15, 0.2) is 48.9 Å². The van der Waals surface area contributed by atoms with Gasteiger partial charge in [-0.2, -0.15) is 15.3 Å². The van der Waals surface area contributed by atoms with Gasteiger partial charge >= 0.3 is 0 Å². The number of hydrogen-bond donors (Lipinski definition) is 0. The molecule has 0 atom stereocenters. The number of rotatable bonds is 5. The molecule has 0 N–H and O–H groups in total. The number of pyridine rings is 1. The minimum absolute atomic E-state index is 0.0299. The van der Waals surface area contributed by atoms with Gasteiger partial charge in [0, 0.05) is 67.7 Å². The third kappa shape index (κ3) is 4.34. The molecule has 1 aliphatic heterocycles. The van der Waals surface area contributed by atoms with Crippen molar-refractivity contribution < 1.29 is 4.79 Å². The van der Waals surface area contributed by atoms with Gasteiger partial charge in [-0.05, 0) is 43.8 Å². The van der Waals surface area contributed by atoms with Crippen LogP contribution in [0.4, 0.5) is 5.82 Å². The molecular weight excluding hydrogens is 414 g/mol. The number of benzene rings is 1. The minimum atomic E-state index is 0.0299. The molecule has 1 aromatic carbocycles. The van der Waals surface area contributed by atoms with Gasteiger partial charge in [-0.25, -0.2) is 4.98 Å². The molecule has 0 bridgehead atoms. The molecule has 0 aliphatic carbocycles. The number of Topliss-reactive ketones (excluding diaryl/α,β-unsaturated/α-hetero) is 1. The molecule has 0 unspecified atom stereocenters. The average Bonchev–Trinajstić information content (AvgIpc) is 3.25. The van der Waals surface area contributed by atoms with Crippen LogP contribution in [-0.2, 0) is 13.5 Å². The number of carbonyl (C=O) groups excluding carboxylic acids is 1. The van der Waals surface area contributed by atoms with E-state index in [1.165, 1.54) is 0 Å². The summed E-state index contributed by atoms with van der Waals surface area (Å²) in [6, 6.07) is 9.80. The summed E-state index contributed by atoms with van der Waals surface area (Å²) in [6.07, 6.45) is 5.75. The van der Waals surface area contributed by atoms with Crippen molar-refractivity contribution in [1.29, 1.82) is 0 Å². The Morgan fingerprint density at radius 2 is 1.82 bits per heavy atom. The van der Waals surface area contributed by atoms with Crippen LogP contribution in [0.1, 0.15) is 21.6 Å². The monoisotopic (exact) mass is 441 g/mol. The Kier molecular flexibility index (Phi) is 5.60. The van der Waals surface area contributed by atoms with E-state index >= 15 is 0 Å². The Balaban J connectivity index is 1.39. The van der Waals surface area contributed by atoms with E-state index < -0.39 is 0 Å². The van der Waals surface area contributed by atoms with E-state index in [-0.39, 0.29) is 12.2 Å². The van der Waals surface area contributed by atoms with Gasteiger partial charge in [-0.3, -0.25) is 9.48 Å². The summed E-state index contributed by atoms with van der Waals surface area (Å²) in [5.74, 6) is 0.932. The molecule has 168 valence electrons. The number of anilines is 1. The zero-order valence-corrected chi connectivity index (χ0v) is 19.2. The van der Waals surface area contributed by atoms with Gasteiger partial charge in [0.1, 0.15) is 5.82 Å². The highest BCUT2D eigenvalue weighted by Crippen LogP contribution is 2.25. The van der Waals surface area contributed by atoms with Crippen LogP contribution < -0.4 is 4.90 Å². The van der Waals surface area contributed by atoms with Crippen molar-refractivity contribution in [2.75, 3.05) is 38.1 Å². The number of hydrogen-bond acceptors (Lipinski definition) is 7. The summed E-state index contributed by atoms with van der Waals surface area (Å²) in [5, 5.41) is 13.9. The molecule has 1 fully saturated rings. The fraction of sp³-hybridized carbons (Fsp3) is 0.320. The molecular formula is C25H27N7O. The van der Waals surface area contributed by atoms with E-state index in [1.54, 1.807) is 10.9 Å². The third-order valence-corrected chi connectivity index (χ3v) is 6.30. The Labute approximate surface area is 192 Å². The second-order valence-corrected chi connectivity index (χ2v) is 8.71. The predicted molar refractivity (Wildman–Crippen MR) is 128 cm³/mol. The van der Waals surface area contributed by atoms with E-state index in [4.69, 9.17) is 0 Å². The number of nitrogens with zero attached hydrogens (tertiary/aromatic N) is 7. The predicted octanol–water partition coefficient (Wildman–Crippen LogP) is 2.91. The maximum atomic E-state index is 13.2. The fourth-order valence-corrected chi connectivity index (χ4v) is 4.35. The van der Waals surface area contributed by atoms with Gasteiger partial charge in [0.15, 0.2) is 5.78 Å². The highest BCUT2D eigenvalue weighted by molar-refractivity contribution is 5.99. The lowest BCUT2D eigenvalue weighted by Crippen LogP contribution is -2.45. The molecule has 8 nitrogen and oxygen atoms in total. The second-order valence-electron chi connectivity index (χ2n) is 8.71. The topological polar surface area (TPSA) is 80.0 Å². The first-order valence-electron chi connectivity index (χ1n) is 11.2. The lowest BCUT2D eigenvalue weighted by Gasteiger charge is -2.34. The third-order valence-electron chi connectivity index (χ3n) is 6.30. The number of fused-ring (bicyclic) bond motifs is 1. The second kappa shape index (κ2) is 8.71. The molecule has 0 spiro atoms. The number of piperazine rings is 1. The van der Waals surface area contributed by atoms with Crippen molar-refractivity contribution >= 4 is 22.5 Å². The SMILES string of the molecule is Cc1c(C(=O)Cc2cc3cc(-c4cnn(C)c4)ccc3nn2)ccnc1N1CCN(C)CC1. The molecule has 8 heteroatoms. The van der Waals surface area contributed by atoms with Crippen LogP contribution in [0, 0.1) is 6.92 Å². The molecule has 33 heavy (non-hydrogen) atoms. The number of ketones is 1. The largest absolute Gasteiger partial charge is 0.354 e. The lowest BCUT2D eigenvalue weighted by atomic mass is 10.0. The summed E-state index contributed by atoms with van der Waals surface area (Å²) in [4.78, 5) is 22.4. The first-order chi connectivity index (χ1) is 16.0. The van der Waals surface area contributed by atoms with E-state index in [9.17, 15) is 4.79 Å². The molecule has 4 aromatic rings. The zero-order valence-electron chi connectivity index (χ0n) is 19.2. The van der Waals surface area contributed by atoms with Crippen molar-refractivity contribution in [3.05, 3.63) is 65.7 Å². The summed E-state index contributed by atoms with van der Waals surface area (Å²) in [7, 11) is 4.03. The smallest absolute Gasteiger partial charge is 0.169 e. The summed E-state index contributed by atoms with van der Waals surface area (Å²) < 4.78 is 1.78. The van der Waals surface area contributed by atoms with Gasteiger partial charge < -0.3 is 9.80 Å². The first kappa shape index (κ1) is 21.2. The van der Waals surface area contributed by atoms with Crippen LogP contribution in [-0.4, -0.2) is 68.9 Å². The molecule has 1 saturated heterocycles. The van der Waals surface area contributed by atoms with Crippen molar-refractivity contribution in [3.8, 4) is 11.1 Å². The quantitative estimate of drug-likeness (QED) is 0.441. The van der Waals surface area contributed by atoms with E-state index in [0.717, 1.165) is 59.6 Å². The van der Waals surface area contributed by atoms with E-state index in [0.29, 0.717) is 11.3 Å². The Hall–Kier alpha value is -3.65. The summed E-state index contributed by atoms with van der Waals surface area (Å²) in [5.41, 5.74) is 5.19. The number of aromatic nitrogens is 5. The summed E-state index contributed by atoms with van der Waals surface area (Å²) in [6.45, 7) is 5.80. The molecule has 5 rings (SSSR count). The van der Waals surface area contributed by atoms with Crippen LogP contribution in [0.3, 0.4) is 0 Å². The Morgan fingerprint density at radius 1 is 1.00 bits per heavy atom. The summed E-state index contributed by atoms with van der Waals surface area (Å²) >= 11 is 0. The lowest BCUT2D eigenvalue weighted by molar-refractivity contribution is 0.0991. The van der Waals surface area contributed by atoms with Gasteiger partial charge in [-0.1, -0.05) is 6.07 Å². The van der Waals surface area contributed by atoms with E-state index in [1.807, 2.05) is 50.6 Å². The van der Waals surface area contributed by atoms with Crippen molar-refractivity contribution in [3.63, 3.8) is 0 Å². The standard InChI is InChI=1S/C25H27N7O/c1-17-22(6-7-26-25(17)32-10-8-30(2)9-11-32)24(33)14-21-13-19-12-18(4-5-23(19)29-28-21)20-15-27-31(3)16-20/h4-7,12-13,15-16H,8-11,14H2,1-3H3. The van der Waals surface area contributed by atoms with Gasteiger partial charge in [0.2, 0.25) is 0 Å². The van der Waals surface area contributed by atoms with Crippen LogP contribution in [0.5, 0.6) is 0 Å². The average molecular weight is 442 g/mol. The minimum Gasteiger partial charge on any atom is -0.354 e. The highest BCUT2D eigenvalue weighted by Gasteiger charge is 2.21. The zero-order chi connectivity index (χ0) is 22.9. The number of likely N-dealkylation sites (N-methyl/N-ethyl adjacent to an activating group) is 1. The van der Waals surface area contributed by atoms with Crippen LogP contribution >= 0.6 is 0 Å². The van der Waals surface area contributed by atoms with Crippen LogP contribution in [0.25, 0.3) is 22.0 Å². The van der Waals surface area contributed by atoms with Crippen molar-refractivity contribution in [1.82, 2.24) is 29.9 Å². The normalized spacial score (nSPS) is 14.7. The fourth-order valence-electron chi connectivity index (χ4n) is 4.35. The maximum Gasteiger partial charge on any atom is 0.169 e. The number of aryl methyl sites for hydroxylation is 1. The molecule has 0 saturated carbocycles. The van der Waals surface area contributed by atoms with Crippen LogP contribution in [0.2, 0.25) is 0 Å². The highest BCUT2D eigenvalue weighted by atomic mass is 16.1. The van der Waals surface area contributed by atoms with Crippen molar-refractivity contribution in [2.24, 2.45) is 7.05 Å². The Morgan fingerprint density at radius 3 is 2.58 bits per heavy atom. The van der Waals surface area contributed by atoms with Crippen molar-refractivity contribution in [2.45, 2.75) is 13.3 Å². The van der Waals surface area contributed by atoms with Gasteiger partial charge in [-0.15, -0.1) is 0 Å². The molecule has 3 aromatic heterocycles. The molecule has 1 aliphatic rings.